The zero-order chi connectivity index (χ0) is 27.6. The first kappa shape index (κ1) is 35.4. The largest absolute Gasteiger partial charge is 1.00 e. The molecule has 0 saturated heterocycles. The van der Waals surface area contributed by atoms with E-state index >= 15 is 0 Å². The quantitative estimate of drug-likeness (QED) is 0.288. The molecule has 0 radical (unpaired) electrons. The van der Waals surface area contributed by atoms with E-state index in [1.54, 1.807) is 21.8 Å². The van der Waals surface area contributed by atoms with Crippen molar-refractivity contribution < 1.29 is 47.7 Å². The van der Waals surface area contributed by atoms with E-state index in [0.29, 0.717) is 28.0 Å². The van der Waals surface area contributed by atoms with Crippen LogP contribution in [0.3, 0.4) is 0 Å². The van der Waals surface area contributed by atoms with Gasteiger partial charge in [-0.25, -0.2) is 0 Å². The van der Waals surface area contributed by atoms with Crippen LogP contribution in [0.25, 0.3) is 12.2 Å². The summed E-state index contributed by atoms with van der Waals surface area (Å²) in [6.07, 6.45) is 5.30. The van der Waals surface area contributed by atoms with Crippen LogP contribution in [0, 0.1) is 0 Å². The Balaban J connectivity index is 0.00000267. The van der Waals surface area contributed by atoms with Gasteiger partial charge in [0.1, 0.15) is 0 Å². The molecule has 0 bridgehead atoms. The molecule has 2 aromatic rings. The second-order valence-corrected chi connectivity index (χ2v) is 27.9. The molecule has 2 aliphatic carbocycles. The van der Waals surface area contributed by atoms with Gasteiger partial charge in [0.05, 0.1) is 0 Å². The average molecular weight is 768 g/mol. The summed E-state index contributed by atoms with van der Waals surface area (Å²) in [5.74, 6) is 0. The van der Waals surface area contributed by atoms with Crippen molar-refractivity contribution in [2.45, 2.75) is 111 Å². The van der Waals surface area contributed by atoms with Gasteiger partial charge in [-0.3, -0.25) is 0 Å². The molecule has 0 spiro atoms. The number of fused-ring (bicyclic) bond motifs is 2. The molecule has 212 valence electrons. The van der Waals surface area contributed by atoms with Crippen LogP contribution in [0.5, 0.6) is 0 Å². The molecule has 4 rings (SSSR count). The smallest absolute Gasteiger partial charge is 1.00 e. The Morgan fingerprint density at radius 1 is 0.487 bits per heavy atom. The summed E-state index contributed by atoms with van der Waals surface area (Å²) < 4.78 is 1.36. The van der Waals surface area contributed by atoms with Gasteiger partial charge in [-0.2, -0.15) is 0 Å². The number of rotatable bonds is 4. The van der Waals surface area contributed by atoms with E-state index in [1.165, 1.54) is 11.1 Å². The van der Waals surface area contributed by atoms with Crippen LogP contribution in [-0.4, -0.2) is 20.6 Å². The summed E-state index contributed by atoms with van der Waals surface area (Å²) in [6.45, 7) is 29.9. The van der Waals surface area contributed by atoms with Crippen molar-refractivity contribution in [2.75, 3.05) is 0 Å². The molecule has 0 N–H and O–H groups in total. The van der Waals surface area contributed by atoms with Crippen LogP contribution in [0.4, 0.5) is 0 Å². The topological polar surface area (TPSA) is 0 Å². The Bertz CT molecular complexity index is 1100. The third-order valence-corrected chi connectivity index (χ3v) is 23.1. The molecule has 39 heavy (non-hydrogen) atoms. The van der Waals surface area contributed by atoms with E-state index in [2.05, 4.69) is 144 Å². The van der Waals surface area contributed by atoms with Gasteiger partial charge in [0.2, 0.25) is 0 Å². The Kier molecular flexibility index (Phi) is 11.3. The van der Waals surface area contributed by atoms with E-state index < -0.39 is 22.9 Å². The molecular formula is C34H48Cl2HfP2. The Labute approximate surface area is 266 Å². The van der Waals surface area contributed by atoms with Crippen LogP contribution in [-0.2, 0) is 22.9 Å². The summed E-state index contributed by atoms with van der Waals surface area (Å²) in [5.41, 5.74) is 6.28. The van der Waals surface area contributed by atoms with Crippen LogP contribution in [0.1, 0.15) is 113 Å². The minimum atomic E-state index is -1.27. The van der Waals surface area contributed by atoms with E-state index in [9.17, 15) is 0 Å². The molecule has 5 heteroatoms. The summed E-state index contributed by atoms with van der Waals surface area (Å²) >= 11 is -1.27. The van der Waals surface area contributed by atoms with Crippen LogP contribution in [0.2, 0.25) is 0 Å². The summed E-state index contributed by atoms with van der Waals surface area (Å²) in [6, 6.07) is 18.8. The second kappa shape index (κ2) is 12.5. The van der Waals surface area contributed by atoms with Crippen molar-refractivity contribution in [3.63, 3.8) is 0 Å². The van der Waals surface area contributed by atoms with Gasteiger partial charge in [0.25, 0.3) is 0 Å². The molecular weight excluding hydrogens is 720 g/mol. The summed E-state index contributed by atoms with van der Waals surface area (Å²) in [5, 5.41) is 4.77. The normalized spacial score (nSPS) is 19.0. The first-order valence-electron chi connectivity index (χ1n) is 13.9. The predicted octanol–water partition coefficient (Wildman–Crippen LogP) is 5.43. The SMILES string of the molecule is CC(C)(C)P(C1=Cc2ccccc2[CH]1[Hf+2][CH]1C(P(C(C)(C)C)C(C)(C)C)=Cc2ccccc21)C(C)(C)C.[Cl-].[Cl-]. The van der Waals surface area contributed by atoms with E-state index in [4.69, 9.17) is 0 Å². The number of halogens is 2. The maximum absolute atomic E-state index is 2.65. The zero-order valence-electron chi connectivity index (χ0n) is 26.1. The van der Waals surface area contributed by atoms with Crippen molar-refractivity contribution in [3.05, 3.63) is 81.4 Å². The molecule has 2 aromatic carbocycles. The monoisotopic (exact) mass is 768 g/mol. The van der Waals surface area contributed by atoms with Gasteiger partial charge in [-0.05, 0) is 0 Å². The first-order chi connectivity index (χ1) is 16.9. The summed E-state index contributed by atoms with van der Waals surface area (Å²) in [7, 11) is -0.592. The molecule has 0 heterocycles. The summed E-state index contributed by atoms with van der Waals surface area (Å²) in [4.78, 5) is 0. The van der Waals surface area contributed by atoms with Gasteiger partial charge < -0.3 is 24.8 Å². The van der Waals surface area contributed by atoms with Gasteiger partial charge in [-0.1, -0.05) is 0 Å². The van der Waals surface area contributed by atoms with Gasteiger partial charge in [0, 0.05) is 0 Å². The zero-order valence-corrected chi connectivity index (χ0v) is 33.0. The molecule has 0 nitrogen and oxygen atoms in total. The van der Waals surface area contributed by atoms with Gasteiger partial charge in [-0.15, -0.1) is 0 Å². The minimum absolute atomic E-state index is 0. The van der Waals surface area contributed by atoms with E-state index in [-0.39, 0.29) is 40.7 Å². The Morgan fingerprint density at radius 3 is 1.05 bits per heavy atom. The Morgan fingerprint density at radius 2 is 0.769 bits per heavy atom. The fourth-order valence-electron chi connectivity index (χ4n) is 7.08. The van der Waals surface area contributed by atoms with E-state index in [1.807, 2.05) is 0 Å². The number of allylic oxidation sites excluding steroid dienone is 2. The molecule has 2 aliphatic rings. The molecule has 0 amide bonds. The van der Waals surface area contributed by atoms with Crippen molar-refractivity contribution in [2.24, 2.45) is 0 Å². The molecule has 2 atom stereocenters. The average Bonchev–Trinajstić information content (AvgIpc) is 3.23. The minimum Gasteiger partial charge on any atom is -1.00 e. The molecule has 0 saturated carbocycles. The van der Waals surface area contributed by atoms with Crippen LogP contribution < -0.4 is 24.8 Å². The van der Waals surface area contributed by atoms with Crippen LogP contribution in [0.15, 0.2) is 59.2 Å². The number of hydrogen-bond acceptors (Lipinski definition) is 0. The molecule has 0 aliphatic heterocycles. The van der Waals surface area contributed by atoms with Gasteiger partial charge >= 0.3 is 243 Å². The maximum atomic E-state index is 2.65. The first-order valence-corrected chi connectivity index (χ1v) is 20.7. The van der Waals surface area contributed by atoms with Crippen molar-refractivity contribution in [1.29, 1.82) is 0 Å². The van der Waals surface area contributed by atoms with E-state index in [0.717, 1.165) is 0 Å². The molecule has 0 aromatic heterocycles. The van der Waals surface area contributed by atoms with Crippen molar-refractivity contribution in [3.8, 4) is 0 Å². The third kappa shape index (κ3) is 7.42. The number of benzene rings is 2. The fraction of sp³-hybridized carbons (Fsp3) is 0.529. The molecule has 2 unspecified atom stereocenters. The second-order valence-electron chi connectivity index (χ2n) is 14.8. The van der Waals surface area contributed by atoms with Crippen molar-refractivity contribution in [1.82, 2.24) is 0 Å². The predicted molar refractivity (Wildman–Crippen MR) is 167 cm³/mol. The van der Waals surface area contributed by atoms with Gasteiger partial charge in [0.15, 0.2) is 0 Å². The van der Waals surface area contributed by atoms with Crippen LogP contribution >= 0.6 is 15.8 Å². The number of hydrogen-bond donors (Lipinski definition) is 0. The third-order valence-electron chi connectivity index (χ3n) is 7.35. The Hall–Kier alpha value is 0.230. The fourth-order valence-corrected chi connectivity index (χ4v) is 25.7. The van der Waals surface area contributed by atoms with Crippen molar-refractivity contribution >= 4 is 28.0 Å². The standard InChI is InChI=1S/2C17H24P.2ClH.Hf/c2*1-16(2,3)18(17(4,5)6)15-11-13-9-7-8-10-14(13)12-15;;;/h2*7-12H,1-6H3;2*1H;/q;;;;+2/p-2. The maximum Gasteiger partial charge on any atom is -1.00 e. The molecule has 0 fully saturated rings.